The van der Waals surface area contributed by atoms with Crippen molar-refractivity contribution in [3.05, 3.63) is 24.3 Å². The Morgan fingerprint density at radius 3 is 1.43 bits per heavy atom. The first-order chi connectivity index (χ1) is 10.4. The zero-order chi connectivity index (χ0) is 17.1. The number of fused-ring (bicyclic) bond motifs is 4. The number of rotatable bonds is 2. The molecule has 0 aliphatic heterocycles. The summed E-state index contributed by atoms with van der Waals surface area (Å²) in [5, 5.41) is 0. The number of hydrogen-bond acceptors (Lipinski definition) is 2. The van der Waals surface area contributed by atoms with Crippen molar-refractivity contribution in [1.82, 2.24) is 0 Å². The molecule has 4 aliphatic carbocycles. The molecule has 4 unspecified atom stereocenters. The Kier molecular flexibility index (Phi) is 3.34. The Morgan fingerprint density at radius 1 is 0.826 bits per heavy atom. The van der Waals surface area contributed by atoms with Crippen LogP contribution in [0, 0.1) is 22.7 Å². The molecule has 0 aromatic heterocycles. The van der Waals surface area contributed by atoms with E-state index in [4.69, 9.17) is 22.3 Å². The predicted octanol–water partition coefficient (Wildman–Crippen LogP) is 6.94. The van der Waals surface area contributed by atoms with Crippen molar-refractivity contribution in [2.45, 2.75) is 75.0 Å². The first-order valence-electron chi connectivity index (χ1n) is 8.93. The van der Waals surface area contributed by atoms with Gasteiger partial charge < -0.3 is 0 Å². The fourth-order valence-corrected chi connectivity index (χ4v) is 16.5. The Hall–Kier alpha value is 0.674. The summed E-state index contributed by atoms with van der Waals surface area (Å²) in [6.45, 7) is 18.8. The van der Waals surface area contributed by atoms with Gasteiger partial charge in [0, 0.05) is 0 Å². The van der Waals surface area contributed by atoms with Gasteiger partial charge in [-0.25, -0.2) is 0 Å². The molecule has 3 heteroatoms. The third kappa shape index (κ3) is 1.57. The van der Waals surface area contributed by atoms with Gasteiger partial charge in [0.25, 0.3) is 0 Å². The molecule has 4 saturated carbocycles. The number of hydrogen-bond donors (Lipinski definition) is 2. The van der Waals surface area contributed by atoms with Gasteiger partial charge in [-0.1, -0.05) is 0 Å². The number of allylic oxidation sites excluding steroid dienone is 2. The predicted molar refractivity (Wildman–Crippen MR) is 104 cm³/mol. The van der Waals surface area contributed by atoms with Crippen LogP contribution in [-0.2, 0) is 10.2 Å². The van der Waals surface area contributed by atoms with Crippen LogP contribution in [0.2, 0.25) is 8.77 Å². The van der Waals surface area contributed by atoms with Crippen LogP contribution in [0.5, 0.6) is 0 Å². The van der Waals surface area contributed by atoms with Gasteiger partial charge in [-0.15, -0.1) is 0 Å². The normalized spacial score (nSPS) is 47.6. The summed E-state index contributed by atoms with van der Waals surface area (Å²) in [5.41, 5.74) is 3.30. The van der Waals surface area contributed by atoms with E-state index in [1.807, 2.05) is 0 Å². The van der Waals surface area contributed by atoms with Gasteiger partial charge in [0.1, 0.15) is 0 Å². The summed E-state index contributed by atoms with van der Waals surface area (Å²) < 4.78 is 0.502. The molecule has 0 amide bonds. The second kappa shape index (κ2) is 4.50. The molecular formula is C20H32NiS2. The van der Waals surface area contributed by atoms with E-state index in [9.17, 15) is 0 Å². The molecule has 4 aliphatic rings. The fourth-order valence-electron chi connectivity index (χ4n) is 6.49. The SMILES string of the molecule is C=C1C2CC[C]([Ni]([SH])([SH])[C]34CCC(C3)C(=C)C4(C)C)(C2)C1(C)C. The van der Waals surface area contributed by atoms with Crippen molar-refractivity contribution in [1.29, 1.82) is 0 Å². The standard InChI is InChI=1S/2C10H15.Ni.2H2S/c2*1-7-8-4-5-9(6-8)10(7,2)3;;;/h2*8H,1,4-6H2,2-3H3;;2*1H2/q;;+2;;/p-2. The zero-order valence-electron chi connectivity index (χ0n) is 15.0. The van der Waals surface area contributed by atoms with E-state index < -0.39 is 10.2 Å². The minimum atomic E-state index is -1.53. The summed E-state index contributed by atoms with van der Waals surface area (Å²) in [5.74, 6) is 1.42. The molecule has 0 N–H and O–H groups in total. The van der Waals surface area contributed by atoms with E-state index in [1.165, 1.54) is 49.7 Å². The van der Waals surface area contributed by atoms with Gasteiger partial charge in [-0.2, -0.15) is 0 Å². The Labute approximate surface area is 154 Å². The molecular weight excluding hydrogens is 363 g/mol. The van der Waals surface area contributed by atoms with E-state index >= 15 is 0 Å². The molecule has 0 spiro atoms. The maximum atomic E-state index is 5.55. The molecule has 0 heterocycles. The topological polar surface area (TPSA) is 0 Å². The average molecular weight is 395 g/mol. The van der Waals surface area contributed by atoms with Crippen LogP contribution < -0.4 is 0 Å². The van der Waals surface area contributed by atoms with E-state index in [2.05, 4.69) is 40.9 Å². The minimum absolute atomic E-state index is 0.173. The van der Waals surface area contributed by atoms with Crippen molar-refractivity contribution in [3.8, 4) is 0 Å². The molecule has 0 aromatic carbocycles. The van der Waals surface area contributed by atoms with Crippen LogP contribution in [0.4, 0.5) is 0 Å². The van der Waals surface area contributed by atoms with Gasteiger partial charge in [0.2, 0.25) is 0 Å². The first-order valence-corrected chi connectivity index (χ1v) is 13.1. The Balaban J connectivity index is 1.89. The second-order valence-electron chi connectivity index (χ2n) is 9.42. The first kappa shape index (κ1) is 17.1. The summed E-state index contributed by atoms with van der Waals surface area (Å²) in [6, 6.07) is 0. The molecule has 4 bridgehead atoms. The quantitative estimate of drug-likeness (QED) is 0.282. The summed E-state index contributed by atoms with van der Waals surface area (Å²) >= 11 is 11.1. The van der Waals surface area contributed by atoms with Crippen LogP contribution in [-0.4, -0.2) is 0 Å². The Bertz CT molecular complexity index is 565. The van der Waals surface area contributed by atoms with Gasteiger partial charge >= 0.3 is 154 Å². The van der Waals surface area contributed by atoms with Crippen molar-refractivity contribution in [2.24, 2.45) is 22.7 Å². The van der Waals surface area contributed by atoms with Gasteiger partial charge in [-0.05, 0) is 0 Å². The van der Waals surface area contributed by atoms with Crippen LogP contribution in [0.25, 0.3) is 0 Å². The number of thiol groups is 2. The fraction of sp³-hybridized carbons (Fsp3) is 0.800. The summed E-state index contributed by atoms with van der Waals surface area (Å²) in [4.78, 5) is 0. The van der Waals surface area contributed by atoms with E-state index in [0.717, 1.165) is 0 Å². The van der Waals surface area contributed by atoms with Crippen molar-refractivity contribution in [3.63, 3.8) is 0 Å². The van der Waals surface area contributed by atoms with Crippen molar-refractivity contribution >= 4 is 22.3 Å². The molecule has 4 atom stereocenters. The maximum absolute atomic E-state index is 5.55. The Morgan fingerprint density at radius 2 is 1.17 bits per heavy atom. The van der Waals surface area contributed by atoms with E-state index in [1.54, 1.807) is 0 Å². The molecule has 0 aromatic rings. The van der Waals surface area contributed by atoms with Gasteiger partial charge in [-0.3, -0.25) is 0 Å². The average Bonchev–Trinajstić information content (AvgIpc) is 3.16. The second-order valence-corrected chi connectivity index (χ2v) is 17.1. The monoisotopic (exact) mass is 394 g/mol. The van der Waals surface area contributed by atoms with Gasteiger partial charge in [0.15, 0.2) is 0 Å². The third-order valence-electron chi connectivity index (χ3n) is 8.46. The molecule has 0 nitrogen and oxygen atoms in total. The molecule has 23 heavy (non-hydrogen) atoms. The molecule has 4 rings (SSSR count). The van der Waals surface area contributed by atoms with Crippen LogP contribution >= 0.6 is 22.3 Å². The molecule has 0 radical (unpaired) electrons. The summed E-state index contributed by atoms with van der Waals surface area (Å²) in [6.07, 6.45) is 7.77. The zero-order valence-corrected chi connectivity index (χ0v) is 17.8. The van der Waals surface area contributed by atoms with Crippen LogP contribution in [0.1, 0.15) is 66.2 Å². The van der Waals surface area contributed by atoms with E-state index in [-0.39, 0.29) is 19.6 Å². The van der Waals surface area contributed by atoms with Crippen molar-refractivity contribution < 1.29 is 10.2 Å². The molecule has 134 valence electrons. The van der Waals surface area contributed by atoms with Crippen LogP contribution in [0.3, 0.4) is 0 Å². The van der Waals surface area contributed by atoms with Crippen LogP contribution in [0.15, 0.2) is 24.3 Å². The van der Waals surface area contributed by atoms with E-state index in [0.29, 0.717) is 11.8 Å². The van der Waals surface area contributed by atoms with Crippen molar-refractivity contribution in [2.75, 3.05) is 0 Å². The molecule has 4 fully saturated rings. The third-order valence-corrected chi connectivity index (χ3v) is 17.7. The molecule has 0 saturated heterocycles. The van der Waals surface area contributed by atoms with Gasteiger partial charge in [0.05, 0.1) is 0 Å². The summed E-state index contributed by atoms with van der Waals surface area (Å²) in [7, 11) is -1.53.